The molecule has 0 unspecified atom stereocenters. The molecule has 0 aromatic heterocycles. The number of carbonyl (C=O) groups is 4. The third-order valence-electron chi connectivity index (χ3n) is 0.711. The fourth-order valence-corrected chi connectivity index (χ4v) is 0.272. The summed E-state index contributed by atoms with van der Waals surface area (Å²) in [5.74, 6) is -6.19. The normalized spacial score (nSPS) is 8.94. The molecule has 0 atom stereocenters. The number of carboxylic acids is 4. The van der Waals surface area contributed by atoms with E-state index in [9.17, 15) is 39.6 Å². The Kier molecular flexibility index (Phi) is 14.5. The molecule has 0 aliphatic rings. The van der Waals surface area contributed by atoms with Crippen LogP contribution >= 0.6 is 0 Å². The second kappa shape index (κ2) is 12.1. The first kappa shape index (κ1) is 20.4. The number of rotatable bonds is 4. The smallest absolute Gasteiger partial charge is 0.545 e. The zero-order valence-electron chi connectivity index (χ0n) is 7.91. The number of aliphatic carboxylic acids is 4. The Labute approximate surface area is 108 Å². The van der Waals surface area contributed by atoms with E-state index in [4.69, 9.17) is 0 Å². The maximum absolute atomic E-state index is 9.41. The van der Waals surface area contributed by atoms with Crippen molar-refractivity contribution in [1.82, 2.24) is 0 Å². The van der Waals surface area contributed by atoms with Gasteiger partial charge in [0.2, 0.25) is 0 Å². The summed E-state index contributed by atoms with van der Waals surface area (Å²) in [5.41, 5.74) is 0. The van der Waals surface area contributed by atoms with Crippen LogP contribution in [0, 0.1) is 0 Å². The summed E-state index contributed by atoms with van der Waals surface area (Å²) in [4.78, 5) is 37.7. The number of carbonyl (C=O) groups excluding carboxylic acids is 4. The van der Waals surface area contributed by atoms with E-state index in [-0.39, 0.29) is 20.1 Å². The van der Waals surface area contributed by atoms with Gasteiger partial charge in [-0.05, 0) is 24.3 Å². The zero-order chi connectivity index (χ0) is 13.1. The van der Waals surface area contributed by atoms with Gasteiger partial charge >= 0.3 is 20.1 Å². The predicted molar refractivity (Wildman–Crippen MR) is 38.3 cm³/mol. The Hall–Kier alpha value is -1.99. The summed E-state index contributed by atoms with van der Waals surface area (Å²) in [6.45, 7) is 0. The van der Waals surface area contributed by atoms with E-state index >= 15 is 0 Å². The summed E-state index contributed by atoms with van der Waals surface area (Å²) in [6.07, 6.45) is 1.54. The Balaban J connectivity index is -0.000000218. The van der Waals surface area contributed by atoms with Crippen LogP contribution in [0.3, 0.4) is 0 Å². The zero-order valence-corrected chi connectivity index (χ0v) is 10.3. The monoisotopic (exact) mass is 421 g/mol. The third kappa shape index (κ3) is 31.5. The van der Waals surface area contributed by atoms with Gasteiger partial charge in [-0.15, -0.1) is 0 Å². The van der Waals surface area contributed by atoms with Crippen LogP contribution in [0.1, 0.15) is 0 Å². The van der Waals surface area contributed by atoms with Crippen LogP contribution in [0.15, 0.2) is 24.3 Å². The molecule has 0 spiro atoms. The molecule has 0 aliphatic carbocycles. The van der Waals surface area contributed by atoms with Gasteiger partial charge in [0.25, 0.3) is 0 Å². The van der Waals surface area contributed by atoms with Crippen LogP contribution in [0.25, 0.3) is 0 Å². The minimum absolute atomic E-state index is 0. The van der Waals surface area contributed by atoms with Crippen molar-refractivity contribution in [3.8, 4) is 0 Å². The molecule has 9 heteroatoms. The summed E-state index contributed by atoms with van der Waals surface area (Å²) < 4.78 is 0. The standard InChI is InChI=1S/2C4H4O4.Ir/c2*5-3(6)1-2-4(7)8;/h2*1-2H,(H,5,6)(H,7,8);/q;;+4/p-4/b2*2-1+;. The summed E-state index contributed by atoms with van der Waals surface area (Å²) in [5, 5.41) is 37.7. The van der Waals surface area contributed by atoms with Gasteiger partial charge in [0, 0.05) is 0 Å². The summed E-state index contributed by atoms with van der Waals surface area (Å²) >= 11 is 0. The maximum atomic E-state index is 9.41. The van der Waals surface area contributed by atoms with Crippen molar-refractivity contribution in [2.75, 3.05) is 0 Å². The SMILES string of the molecule is O=C([O-])/C=C/C(=O)[O-].O=C([O-])/C=C/C(=O)[O-].[Ir+4]. The Morgan fingerprint density at radius 2 is 0.647 bits per heavy atom. The fourth-order valence-electron chi connectivity index (χ4n) is 0.272. The second-order valence-corrected chi connectivity index (χ2v) is 1.94. The molecule has 1 radical (unpaired) electrons. The molecular formula is C8H4IrO8. The van der Waals surface area contributed by atoms with E-state index in [1.165, 1.54) is 0 Å². The van der Waals surface area contributed by atoms with Crippen LogP contribution in [-0.2, 0) is 39.3 Å². The van der Waals surface area contributed by atoms with Crippen molar-refractivity contribution in [1.29, 1.82) is 0 Å². The van der Waals surface area contributed by atoms with Crippen molar-refractivity contribution in [2.24, 2.45) is 0 Å². The molecule has 0 aliphatic heterocycles. The molecular weight excluding hydrogens is 416 g/mol. The average molecular weight is 420 g/mol. The number of carboxylic acid groups (broad SMARTS) is 4. The molecule has 0 fully saturated rings. The largest absolute Gasteiger partial charge is 4.00 e. The Morgan fingerprint density at radius 1 is 0.529 bits per heavy atom. The molecule has 0 amide bonds. The fraction of sp³-hybridized carbons (Fsp3) is 0. The quantitative estimate of drug-likeness (QED) is 0.406. The van der Waals surface area contributed by atoms with Crippen LogP contribution < -0.4 is 20.4 Å². The van der Waals surface area contributed by atoms with Gasteiger partial charge in [-0.25, -0.2) is 0 Å². The van der Waals surface area contributed by atoms with Gasteiger partial charge in [0.05, 0.1) is 23.9 Å². The summed E-state index contributed by atoms with van der Waals surface area (Å²) in [6, 6.07) is 0. The van der Waals surface area contributed by atoms with Crippen LogP contribution in [0.2, 0.25) is 0 Å². The molecule has 0 bridgehead atoms. The topological polar surface area (TPSA) is 161 Å². The first-order valence-corrected chi connectivity index (χ1v) is 3.45. The van der Waals surface area contributed by atoms with Crippen molar-refractivity contribution < 1.29 is 59.7 Å². The molecule has 0 aromatic carbocycles. The number of hydrogen-bond acceptors (Lipinski definition) is 8. The summed E-state index contributed by atoms with van der Waals surface area (Å²) in [7, 11) is 0. The van der Waals surface area contributed by atoms with Crippen molar-refractivity contribution in [2.45, 2.75) is 0 Å². The van der Waals surface area contributed by atoms with Gasteiger partial charge in [-0.1, -0.05) is 0 Å². The van der Waals surface area contributed by atoms with Crippen LogP contribution in [0.4, 0.5) is 0 Å². The van der Waals surface area contributed by atoms with Crippen LogP contribution in [0.5, 0.6) is 0 Å². The molecule has 93 valence electrons. The van der Waals surface area contributed by atoms with Gasteiger partial charge in [0.15, 0.2) is 0 Å². The van der Waals surface area contributed by atoms with E-state index < -0.39 is 23.9 Å². The van der Waals surface area contributed by atoms with Gasteiger partial charge in [-0.3, -0.25) is 0 Å². The predicted octanol–water partition coefficient (Wildman–Crippen LogP) is -5.92. The molecule has 0 aromatic rings. The van der Waals surface area contributed by atoms with E-state index in [0.717, 1.165) is 0 Å². The van der Waals surface area contributed by atoms with Crippen molar-refractivity contribution in [3.63, 3.8) is 0 Å². The van der Waals surface area contributed by atoms with Crippen molar-refractivity contribution in [3.05, 3.63) is 24.3 Å². The molecule has 8 nitrogen and oxygen atoms in total. The first-order valence-electron chi connectivity index (χ1n) is 3.45. The molecule has 0 saturated heterocycles. The molecule has 0 saturated carbocycles. The third-order valence-corrected chi connectivity index (χ3v) is 0.711. The van der Waals surface area contributed by atoms with Crippen molar-refractivity contribution >= 4 is 23.9 Å². The molecule has 17 heavy (non-hydrogen) atoms. The van der Waals surface area contributed by atoms with Crippen LogP contribution in [-0.4, -0.2) is 23.9 Å². The van der Waals surface area contributed by atoms with Gasteiger partial charge < -0.3 is 39.6 Å². The van der Waals surface area contributed by atoms with Gasteiger partial charge in [-0.2, -0.15) is 0 Å². The Bertz CT molecular complexity index is 277. The van der Waals surface area contributed by atoms with Gasteiger partial charge in [0.1, 0.15) is 0 Å². The number of hydrogen-bond donors (Lipinski definition) is 0. The maximum Gasteiger partial charge on any atom is 4.00 e. The molecule has 0 heterocycles. The second-order valence-electron chi connectivity index (χ2n) is 1.94. The molecule has 0 rings (SSSR count). The average Bonchev–Trinajstić information content (AvgIpc) is 2.12. The first-order chi connectivity index (χ1) is 7.25. The van der Waals surface area contributed by atoms with E-state index in [2.05, 4.69) is 0 Å². The van der Waals surface area contributed by atoms with E-state index in [1.807, 2.05) is 0 Å². The Morgan fingerprint density at radius 3 is 0.706 bits per heavy atom. The minimum Gasteiger partial charge on any atom is -0.545 e. The van der Waals surface area contributed by atoms with E-state index in [1.54, 1.807) is 0 Å². The van der Waals surface area contributed by atoms with E-state index in [0.29, 0.717) is 24.3 Å². The minimum atomic E-state index is -1.55. The molecule has 0 N–H and O–H groups in total.